The highest BCUT2D eigenvalue weighted by Gasteiger charge is 2.28. The van der Waals surface area contributed by atoms with Crippen LogP contribution in [0.2, 0.25) is 0 Å². The molecule has 3 aromatic rings. The van der Waals surface area contributed by atoms with Crippen molar-refractivity contribution in [2.45, 2.75) is 32.2 Å². The van der Waals surface area contributed by atoms with Gasteiger partial charge in [-0.05, 0) is 66.1 Å². The minimum Gasteiger partial charge on any atom is -0.361 e. The van der Waals surface area contributed by atoms with Gasteiger partial charge < -0.3 is 9.82 Å². The number of nitrogens with zero attached hydrogens (tertiary/aromatic N) is 1. The minimum atomic E-state index is -3.10. The van der Waals surface area contributed by atoms with Gasteiger partial charge in [-0.25, -0.2) is 12.7 Å². The van der Waals surface area contributed by atoms with E-state index in [1.165, 1.54) is 22.1 Å². The van der Waals surface area contributed by atoms with Crippen molar-refractivity contribution in [2.24, 2.45) is 0 Å². The monoisotopic (exact) mass is 427 g/mol. The molecule has 1 aliphatic heterocycles. The Morgan fingerprint density at radius 3 is 2.63 bits per heavy atom. The van der Waals surface area contributed by atoms with Crippen molar-refractivity contribution < 1.29 is 13.3 Å². The van der Waals surface area contributed by atoms with Gasteiger partial charge >= 0.3 is 0 Å². The summed E-state index contributed by atoms with van der Waals surface area (Å²) >= 11 is 0. The molecule has 1 saturated heterocycles. The number of aromatic amines is 1. The first-order chi connectivity index (χ1) is 14.5. The normalized spacial score (nSPS) is 16.3. The lowest BCUT2D eigenvalue weighted by Gasteiger charge is -2.30. The van der Waals surface area contributed by atoms with Crippen LogP contribution >= 0.6 is 0 Å². The van der Waals surface area contributed by atoms with Crippen LogP contribution in [0.25, 0.3) is 22.0 Å². The van der Waals surface area contributed by atoms with Gasteiger partial charge in [0.05, 0.1) is 12.9 Å². The molecule has 4 rings (SSSR count). The van der Waals surface area contributed by atoms with Crippen molar-refractivity contribution in [2.75, 3.05) is 26.0 Å². The number of sulfonamides is 1. The van der Waals surface area contributed by atoms with Crippen LogP contribution in [0.15, 0.2) is 48.7 Å². The molecule has 1 fully saturated rings. The Balaban J connectivity index is 1.59. The summed E-state index contributed by atoms with van der Waals surface area (Å²) in [6.45, 7) is 3.56. The summed E-state index contributed by atoms with van der Waals surface area (Å²) in [6, 6.07) is 15.0. The number of benzene rings is 2. The predicted molar refractivity (Wildman–Crippen MR) is 121 cm³/mol. The average molecular weight is 428 g/mol. The summed E-state index contributed by atoms with van der Waals surface area (Å²) in [5.41, 5.74) is 8.80. The van der Waals surface area contributed by atoms with Gasteiger partial charge in [0.15, 0.2) is 0 Å². The molecule has 2 aromatic carbocycles. The van der Waals surface area contributed by atoms with E-state index in [0.29, 0.717) is 25.6 Å². The van der Waals surface area contributed by atoms with Crippen LogP contribution in [-0.2, 0) is 21.4 Å². The third-order valence-electron chi connectivity index (χ3n) is 6.05. The zero-order valence-corrected chi connectivity index (χ0v) is 18.3. The third-order valence-corrected chi connectivity index (χ3v) is 7.93. The fourth-order valence-corrected chi connectivity index (χ4v) is 5.44. The highest BCUT2D eigenvalue weighted by Crippen LogP contribution is 2.35. The van der Waals surface area contributed by atoms with E-state index in [1.54, 1.807) is 18.3 Å². The maximum atomic E-state index is 12.2. The molecular weight excluding hydrogens is 398 g/mol. The fourth-order valence-electron chi connectivity index (χ4n) is 4.30. The molecule has 1 aliphatic rings. The number of rotatable bonds is 7. The summed E-state index contributed by atoms with van der Waals surface area (Å²) in [6.07, 6.45) is 3.81. The maximum Gasteiger partial charge on any atom is 0.213 e. The molecule has 0 amide bonds. The first-order valence-electron chi connectivity index (χ1n) is 10.5. The van der Waals surface area contributed by atoms with E-state index >= 15 is 0 Å². The molecule has 6 nitrogen and oxygen atoms in total. The van der Waals surface area contributed by atoms with Crippen LogP contribution in [-0.4, -0.2) is 43.7 Å². The summed E-state index contributed by atoms with van der Waals surface area (Å²) in [5, 5.41) is 1.23. The average Bonchev–Trinajstić information content (AvgIpc) is 3.21. The summed E-state index contributed by atoms with van der Waals surface area (Å²) in [5.74, 6) is 0.544. The molecule has 7 heteroatoms. The topological polar surface area (TPSA) is 74.4 Å². The number of hydroxylamine groups is 1. The zero-order valence-electron chi connectivity index (χ0n) is 17.5. The maximum absolute atomic E-state index is 12.2. The first-order valence-corrected chi connectivity index (χ1v) is 12.1. The third kappa shape index (κ3) is 4.30. The van der Waals surface area contributed by atoms with Gasteiger partial charge in [0, 0.05) is 36.7 Å². The van der Waals surface area contributed by atoms with Crippen LogP contribution in [0.4, 0.5) is 0 Å². The minimum absolute atomic E-state index is 0.174. The van der Waals surface area contributed by atoms with E-state index in [9.17, 15) is 8.42 Å². The number of H-pyrrole nitrogens is 1. The molecule has 0 aliphatic carbocycles. The number of piperidine rings is 1. The van der Waals surface area contributed by atoms with E-state index in [2.05, 4.69) is 59.1 Å². The molecule has 0 spiro atoms. The summed E-state index contributed by atoms with van der Waals surface area (Å²) < 4.78 is 26.0. The van der Waals surface area contributed by atoms with E-state index < -0.39 is 10.0 Å². The molecule has 160 valence electrons. The quantitative estimate of drug-likeness (QED) is 0.559. The van der Waals surface area contributed by atoms with Crippen molar-refractivity contribution in [3.05, 3.63) is 59.8 Å². The van der Waals surface area contributed by atoms with Crippen molar-refractivity contribution >= 4 is 20.9 Å². The van der Waals surface area contributed by atoms with Crippen LogP contribution in [0, 0.1) is 0 Å². The molecule has 2 N–H and O–H groups in total. The van der Waals surface area contributed by atoms with Gasteiger partial charge in [0.1, 0.15) is 0 Å². The van der Waals surface area contributed by atoms with Gasteiger partial charge in [-0.1, -0.05) is 24.3 Å². The highest BCUT2D eigenvalue weighted by atomic mass is 32.2. The number of nitrogens with one attached hydrogen (secondary N) is 2. The number of hydrogen-bond donors (Lipinski definition) is 2. The van der Waals surface area contributed by atoms with Crippen molar-refractivity contribution in [1.29, 1.82) is 0 Å². The van der Waals surface area contributed by atoms with Gasteiger partial charge in [0.2, 0.25) is 10.0 Å². The Morgan fingerprint density at radius 1 is 1.13 bits per heavy atom. The number of hydrogen-bond acceptors (Lipinski definition) is 4. The van der Waals surface area contributed by atoms with Gasteiger partial charge in [-0.3, -0.25) is 0 Å². The van der Waals surface area contributed by atoms with Crippen molar-refractivity contribution in [3.63, 3.8) is 0 Å². The Hall–Kier alpha value is -2.19. The van der Waals surface area contributed by atoms with Crippen molar-refractivity contribution in [1.82, 2.24) is 14.8 Å². The molecule has 0 unspecified atom stereocenters. The van der Waals surface area contributed by atoms with Crippen LogP contribution in [0.3, 0.4) is 0 Å². The molecular formula is C23H29N3O3S. The van der Waals surface area contributed by atoms with Crippen molar-refractivity contribution in [3.8, 4) is 11.1 Å². The lowest BCUT2D eigenvalue weighted by Crippen LogP contribution is -2.38. The Bertz CT molecular complexity index is 1120. The van der Waals surface area contributed by atoms with E-state index in [1.807, 2.05) is 0 Å². The summed E-state index contributed by atoms with van der Waals surface area (Å²) in [7, 11) is -1.48. The largest absolute Gasteiger partial charge is 0.361 e. The molecule has 2 heterocycles. The van der Waals surface area contributed by atoms with Gasteiger partial charge in [-0.15, -0.1) is 0 Å². The molecule has 1 aromatic heterocycles. The Morgan fingerprint density at radius 2 is 1.90 bits per heavy atom. The second kappa shape index (κ2) is 8.89. The Labute approximate surface area is 178 Å². The van der Waals surface area contributed by atoms with E-state index in [0.717, 1.165) is 23.9 Å². The number of aromatic nitrogens is 1. The smallest absolute Gasteiger partial charge is 0.213 e. The number of fused-ring (bicyclic) bond motifs is 1. The Kier molecular flexibility index (Phi) is 6.24. The van der Waals surface area contributed by atoms with E-state index in [4.69, 9.17) is 4.84 Å². The molecule has 0 bridgehead atoms. The molecule has 0 radical (unpaired) electrons. The summed E-state index contributed by atoms with van der Waals surface area (Å²) in [4.78, 5) is 8.36. The second-order valence-corrected chi connectivity index (χ2v) is 10.1. The standard InChI is InChI=1S/C23H29N3O3S/c1-3-30(27,28)26-11-9-18(10-12-26)22-16-24-23-8-7-20(14-21(22)23)19-6-4-5-17(13-19)15-25-29-2/h4-8,13-14,16,18,24-25H,3,9-12,15H2,1-2H3. The molecule has 30 heavy (non-hydrogen) atoms. The predicted octanol–water partition coefficient (Wildman–Crippen LogP) is 4.02. The fraction of sp³-hybridized carbons (Fsp3) is 0.391. The van der Waals surface area contributed by atoms with Gasteiger partial charge in [-0.2, -0.15) is 5.48 Å². The highest BCUT2D eigenvalue weighted by molar-refractivity contribution is 7.89. The lowest BCUT2D eigenvalue weighted by atomic mass is 9.89. The molecule has 0 atom stereocenters. The zero-order chi connectivity index (χ0) is 21.1. The van der Waals surface area contributed by atoms with Crippen LogP contribution in [0.5, 0.6) is 0 Å². The lowest BCUT2D eigenvalue weighted by molar-refractivity contribution is 0.0867. The first kappa shape index (κ1) is 21.1. The van der Waals surface area contributed by atoms with Gasteiger partial charge in [0.25, 0.3) is 0 Å². The van der Waals surface area contributed by atoms with E-state index in [-0.39, 0.29) is 5.75 Å². The molecule has 0 saturated carbocycles. The van der Waals surface area contributed by atoms with Crippen LogP contribution in [0.1, 0.15) is 36.8 Å². The van der Waals surface area contributed by atoms with Crippen LogP contribution < -0.4 is 5.48 Å². The second-order valence-electron chi connectivity index (χ2n) is 7.80. The SMILES string of the molecule is CCS(=O)(=O)N1CCC(c2c[nH]c3ccc(-c4cccc(CNOC)c4)cc23)CC1.